The van der Waals surface area contributed by atoms with Crippen molar-refractivity contribution in [3.63, 3.8) is 0 Å². The van der Waals surface area contributed by atoms with Crippen molar-refractivity contribution >= 4 is 0 Å². The Labute approximate surface area is 123 Å². The van der Waals surface area contributed by atoms with Crippen LogP contribution in [0.5, 0.6) is 0 Å². The Morgan fingerprint density at radius 1 is 1.30 bits per heavy atom. The van der Waals surface area contributed by atoms with Crippen LogP contribution < -0.4 is 5.32 Å². The van der Waals surface area contributed by atoms with E-state index >= 15 is 0 Å². The molecule has 1 unspecified atom stereocenters. The molecule has 0 aromatic heterocycles. The lowest BCUT2D eigenvalue weighted by atomic mass is 9.99. The summed E-state index contributed by atoms with van der Waals surface area (Å²) in [4.78, 5) is 2.29. The zero-order chi connectivity index (χ0) is 14.4. The Morgan fingerprint density at radius 2 is 2.00 bits per heavy atom. The Balaban J connectivity index is 1.78. The standard InChI is InChI=1S/C17H28N2O/c1-14(12-18-17-8-9-17)16-6-4-15(5-7-16)13-19(2)10-11-20-3/h4-7,14,17-18H,8-13H2,1-3H3. The molecule has 1 aromatic carbocycles. The highest BCUT2D eigenvalue weighted by molar-refractivity contribution is 5.25. The minimum absolute atomic E-state index is 0.593. The van der Waals surface area contributed by atoms with Crippen LogP contribution in [0.3, 0.4) is 0 Å². The molecule has 0 radical (unpaired) electrons. The molecule has 2 rings (SSSR count). The number of rotatable bonds is 9. The Bertz CT molecular complexity index is 386. The molecule has 0 amide bonds. The third-order valence-electron chi connectivity index (χ3n) is 3.97. The second-order valence-corrected chi connectivity index (χ2v) is 6.06. The largest absolute Gasteiger partial charge is 0.383 e. The van der Waals surface area contributed by atoms with E-state index in [-0.39, 0.29) is 0 Å². The molecule has 0 spiro atoms. The molecule has 0 saturated heterocycles. The number of methoxy groups -OCH3 is 1. The molecular weight excluding hydrogens is 248 g/mol. The van der Waals surface area contributed by atoms with Gasteiger partial charge < -0.3 is 10.1 Å². The van der Waals surface area contributed by atoms with E-state index in [1.807, 2.05) is 0 Å². The molecule has 1 N–H and O–H groups in total. The van der Waals surface area contributed by atoms with Gasteiger partial charge in [-0.1, -0.05) is 31.2 Å². The van der Waals surface area contributed by atoms with Gasteiger partial charge in [0.25, 0.3) is 0 Å². The van der Waals surface area contributed by atoms with Crippen molar-refractivity contribution in [3.8, 4) is 0 Å². The van der Waals surface area contributed by atoms with Crippen LogP contribution in [0, 0.1) is 0 Å². The number of ether oxygens (including phenoxy) is 1. The second-order valence-electron chi connectivity index (χ2n) is 6.06. The molecule has 3 heteroatoms. The van der Waals surface area contributed by atoms with E-state index in [0.29, 0.717) is 5.92 Å². The van der Waals surface area contributed by atoms with E-state index in [9.17, 15) is 0 Å². The lowest BCUT2D eigenvalue weighted by Gasteiger charge is -2.17. The maximum atomic E-state index is 5.10. The summed E-state index contributed by atoms with van der Waals surface area (Å²) in [5.41, 5.74) is 2.80. The number of benzene rings is 1. The van der Waals surface area contributed by atoms with E-state index in [1.165, 1.54) is 24.0 Å². The normalized spacial score (nSPS) is 16.6. The molecule has 1 aliphatic carbocycles. The fraction of sp³-hybridized carbons (Fsp3) is 0.647. The topological polar surface area (TPSA) is 24.5 Å². The Morgan fingerprint density at radius 3 is 2.60 bits per heavy atom. The summed E-state index contributed by atoms with van der Waals surface area (Å²) in [6.07, 6.45) is 2.72. The van der Waals surface area contributed by atoms with Gasteiger partial charge in [0.1, 0.15) is 0 Å². The van der Waals surface area contributed by atoms with E-state index in [2.05, 4.69) is 48.5 Å². The summed E-state index contributed by atoms with van der Waals surface area (Å²) >= 11 is 0. The number of likely N-dealkylation sites (N-methyl/N-ethyl adjacent to an activating group) is 1. The molecule has 3 nitrogen and oxygen atoms in total. The van der Waals surface area contributed by atoms with Crippen molar-refractivity contribution in [1.82, 2.24) is 10.2 Å². The lowest BCUT2D eigenvalue weighted by Crippen LogP contribution is -2.23. The van der Waals surface area contributed by atoms with Crippen LogP contribution in [0.1, 0.15) is 36.8 Å². The SMILES string of the molecule is COCCN(C)Cc1ccc(C(C)CNC2CC2)cc1. The average molecular weight is 276 g/mol. The van der Waals surface area contributed by atoms with E-state index in [4.69, 9.17) is 4.74 Å². The van der Waals surface area contributed by atoms with Crippen molar-refractivity contribution < 1.29 is 4.74 Å². The van der Waals surface area contributed by atoms with Gasteiger partial charge >= 0.3 is 0 Å². The molecule has 20 heavy (non-hydrogen) atoms. The second kappa shape index (κ2) is 7.77. The zero-order valence-electron chi connectivity index (χ0n) is 13.1. The minimum Gasteiger partial charge on any atom is -0.383 e. The van der Waals surface area contributed by atoms with Crippen LogP contribution >= 0.6 is 0 Å². The van der Waals surface area contributed by atoms with Crippen molar-refractivity contribution in [3.05, 3.63) is 35.4 Å². The summed E-state index contributed by atoms with van der Waals surface area (Å²) in [6, 6.07) is 9.86. The number of hydrogen-bond acceptors (Lipinski definition) is 3. The predicted octanol–water partition coefficient (Wildman–Crippen LogP) is 2.62. The quantitative estimate of drug-likeness (QED) is 0.750. The summed E-state index contributed by atoms with van der Waals surface area (Å²) in [6.45, 7) is 6.14. The smallest absolute Gasteiger partial charge is 0.0589 e. The highest BCUT2D eigenvalue weighted by Gasteiger charge is 2.21. The third kappa shape index (κ3) is 5.23. The van der Waals surface area contributed by atoms with Gasteiger partial charge in [-0.15, -0.1) is 0 Å². The van der Waals surface area contributed by atoms with Crippen molar-refractivity contribution in [1.29, 1.82) is 0 Å². The number of nitrogens with zero attached hydrogens (tertiary/aromatic N) is 1. The first-order chi connectivity index (χ1) is 9.69. The number of hydrogen-bond donors (Lipinski definition) is 1. The number of nitrogens with one attached hydrogen (secondary N) is 1. The lowest BCUT2D eigenvalue weighted by molar-refractivity contribution is 0.158. The maximum absolute atomic E-state index is 5.10. The van der Waals surface area contributed by atoms with Gasteiger partial charge in [-0.25, -0.2) is 0 Å². The summed E-state index contributed by atoms with van der Waals surface area (Å²) in [5.74, 6) is 0.593. The van der Waals surface area contributed by atoms with Gasteiger partial charge in [0.2, 0.25) is 0 Å². The van der Waals surface area contributed by atoms with Gasteiger partial charge in [0.05, 0.1) is 6.61 Å². The van der Waals surface area contributed by atoms with Crippen LogP contribution in [-0.4, -0.2) is 44.8 Å². The van der Waals surface area contributed by atoms with E-state index in [1.54, 1.807) is 7.11 Å². The molecule has 1 atom stereocenters. The van der Waals surface area contributed by atoms with Crippen LogP contribution in [0.25, 0.3) is 0 Å². The average Bonchev–Trinajstić information content (AvgIpc) is 3.27. The van der Waals surface area contributed by atoms with E-state index < -0.39 is 0 Å². The first-order valence-electron chi connectivity index (χ1n) is 7.68. The van der Waals surface area contributed by atoms with Gasteiger partial charge in [-0.3, -0.25) is 4.90 Å². The molecule has 0 aliphatic heterocycles. The molecule has 1 fully saturated rings. The maximum Gasteiger partial charge on any atom is 0.0589 e. The van der Waals surface area contributed by atoms with Gasteiger partial charge in [-0.2, -0.15) is 0 Å². The van der Waals surface area contributed by atoms with Crippen molar-refractivity contribution in [2.45, 2.75) is 38.3 Å². The Kier molecular flexibility index (Phi) is 6.02. The van der Waals surface area contributed by atoms with Crippen LogP contribution in [0.15, 0.2) is 24.3 Å². The summed E-state index contributed by atoms with van der Waals surface area (Å²) < 4.78 is 5.10. The van der Waals surface area contributed by atoms with Crippen molar-refractivity contribution in [2.75, 3.05) is 33.9 Å². The molecule has 1 saturated carbocycles. The first-order valence-corrected chi connectivity index (χ1v) is 7.68. The molecular formula is C17H28N2O. The predicted molar refractivity (Wildman–Crippen MR) is 84.1 cm³/mol. The zero-order valence-corrected chi connectivity index (χ0v) is 13.1. The Hall–Kier alpha value is -0.900. The summed E-state index contributed by atoms with van der Waals surface area (Å²) in [5, 5.41) is 3.60. The van der Waals surface area contributed by atoms with Gasteiger partial charge in [-0.05, 0) is 36.9 Å². The monoisotopic (exact) mass is 276 g/mol. The molecule has 112 valence electrons. The van der Waals surface area contributed by atoms with Gasteiger partial charge in [0.15, 0.2) is 0 Å². The summed E-state index contributed by atoms with van der Waals surface area (Å²) in [7, 11) is 3.88. The third-order valence-corrected chi connectivity index (χ3v) is 3.97. The molecule has 1 aromatic rings. The molecule has 1 aliphatic rings. The van der Waals surface area contributed by atoms with Crippen LogP contribution in [0.2, 0.25) is 0 Å². The van der Waals surface area contributed by atoms with Crippen LogP contribution in [-0.2, 0) is 11.3 Å². The first kappa shape index (κ1) is 15.5. The minimum atomic E-state index is 0.593. The highest BCUT2D eigenvalue weighted by Crippen LogP contribution is 2.21. The van der Waals surface area contributed by atoms with Crippen LogP contribution in [0.4, 0.5) is 0 Å². The fourth-order valence-electron chi connectivity index (χ4n) is 2.34. The van der Waals surface area contributed by atoms with E-state index in [0.717, 1.165) is 32.3 Å². The molecule has 0 heterocycles. The fourth-order valence-corrected chi connectivity index (χ4v) is 2.34. The van der Waals surface area contributed by atoms with Crippen molar-refractivity contribution in [2.24, 2.45) is 0 Å². The highest BCUT2D eigenvalue weighted by atomic mass is 16.5. The van der Waals surface area contributed by atoms with Gasteiger partial charge in [0, 0.05) is 32.8 Å². The molecule has 0 bridgehead atoms.